The minimum atomic E-state index is -0.182. The van der Waals surface area contributed by atoms with Crippen LogP contribution in [0, 0.1) is 0 Å². The second-order valence-corrected chi connectivity index (χ2v) is 4.32. The molecule has 0 saturated heterocycles. The van der Waals surface area contributed by atoms with E-state index in [0.717, 1.165) is 5.56 Å². The molecule has 0 atom stereocenters. The molecule has 0 radical (unpaired) electrons. The lowest BCUT2D eigenvalue weighted by Gasteiger charge is -2.07. The zero-order valence-corrected chi connectivity index (χ0v) is 10.9. The largest absolute Gasteiger partial charge is 0.484 e. The lowest BCUT2D eigenvalue weighted by Crippen LogP contribution is -2.28. The molecular weight excluding hydrogens is 264 g/mol. The zero-order chi connectivity index (χ0) is 13.5. The molecule has 0 fully saturated rings. The lowest BCUT2D eigenvalue weighted by molar-refractivity contribution is -0.123. The first-order valence-electron chi connectivity index (χ1n) is 5.78. The van der Waals surface area contributed by atoms with E-state index in [2.05, 4.69) is 10.3 Å². The van der Waals surface area contributed by atoms with Crippen LogP contribution >= 0.6 is 11.6 Å². The molecule has 0 aliphatic heterocycles. The fourth-order valence-electron chi connectivity index (χ4n) is 1.43. The van der Waals surface area contributed by atoms with E-state index >= 15 is 0 Å². The van der Waals surface area contributed by atoms with Crippen molar-refractivity contribution in [1.82, 2.24) is 10.3 Å². The molecule has 4 nitrogen and oxygen atoms in total. The van der Waals surface area contributed by atoms with Crippen molar-refractivity contribution >= 4 is 17.5 Å². The third kappa shape index (κ3) is 4.60. The molecule has 5 heteroatoms. The van der Waals surface area contributed by atoms with E-state index in [1.165, 1.54) is 0 Å². The van der Waals surface area contributed by atoms with Gasteiger partial charge in [-0.25, -0.2) is 0 Å². The number of benzene rings is 1. The summed E-state index contributed by atoms with van der Waals surface area (Å²) in [5, 5.41) is 3.38. The van der Waals surface area contributed by atoms with Crippen LogP contribution in [0.2, 0.25) is 5.02 Å². The van der Waals surface area contributed by atoms with Crippen LogP contribution < -0.4 is 10.1 Å². The van der Waals surface area contributed by atoms with E-state index in [1.807, 2.05) is 12.1 Å². The van der Waals surface area contributed by atoms with Crippen LogP contribution in [0.15, 0.2) is 48.8 Å². The summed E-state index contributed by atoms with van der Waals surface area (Å²) >= 11 is 5.75. The molecule has 2 aromatic rings. The Balaban J connectivity index is 1.74. The normalized spacial score (nSPS) is 9.95. The smallest absolute Gasteiger partial charge is 0.258 e. The molecule has 1 N–H and O–H groups in total. The van der Waals surface area contributed by atoms with Gasteiger partial charge in [0.2, 0.25) is 0 Å². The van der Waals surface area contributed by atoms with Gasteiger partial charge in [0.1, 0.15) is 5.75 Å². The molecule has 1 aromatic carbocycles. The van der Waals surface area contributed by atoms with Crippen LogP contribution in [0.1, 0.15) is 5.56 Å². The number of nitrogens with zero attached hydrogens (tertiary/aromatic N) is 1. The Bertz CT molecular complexity index is 529. The molecule has 98 valence electrons. The lowest BCUT2D eigenvalue weighted by atomic mass is 10.3. The first-order valence-corrected chi connectivity index (χ1v) is 6.16. The monoisotopic (exact) mass is 276 g/mol. The highest BCUT2D eigenvalue weighted by Gasteiger charge is 2.02. The van der Waals surface area contributed by atoms with Crippen molar-refractivity contribution in [1.29, 1.82) is 0 Å². The summed E-state index contributed by atoms with van der Waals surface area (Å²) < 4.78 is 5.32. The second-order valence-electron chi connectivity index (χ2n) is 3.88. The van der Waals surface area contributed by atoms with Crippen LogP contribution in [0.3, 0.4) is 0 Å². The topological polar surface area (TPSA) is 51.2 Å². The van der Waals surface area contributed by atoms with Gasteiger partial charge in [-0.3, -0.25) is 9.78 Å². The van der Waals surface area contributed by atoms with Crippen LogP contribution in [0.4, 0.5) is 0 Å². The fraction of sp³-hybridized carbons (Fsp3) is 0.143. The van der Waals surface area contributed by atoms with Crippen LogP contribution in [-0.4, -0.2) is 17.5 Å². The highest BCUT2D eigenvalue weighted by atomic mass is 35.5. The maximum absolute atomic E-state index is 11.6. The van der Waals surface area contributed by atoms with E-state index in [4.69, 9.17) is 16.3 Å². The van der Waals surface area contributed by atoms with E-state index < -0.39 is 0 Å². The van der Waals surface area contributed by atoms with Crippen LogP contribution in [0.25, 0.3) is 0 Å². The summed E-state index contributed by atoms with van der Waals surface area (Å²) in [4.78, 5) is 15.5. The molecule has 0 unspecified atom stereocenters. The first kappa shape index (κ1) is 13.4. The molecule has 1 aromatic heterocycles. The van der Waals surface area contributed by atoms with E-state index in [-0.39, 0.29) is 12.5 Å². The van der Waals surface area contributed by atoms with Gasteiger partial charge in [0.25, 0.3) is 5.91 Å². The average Bonchev–Trinajstić information content (AvgIpc) is 2.45. The Morgan fingerprint density at radius 3 is 2.74 bits per heavy atom. The van der Waals surface area contributed by atoms with Crippen LogP contribution in [0.5, 0.6) is 5.75 Å². The molecular formula is C14H13ClN2O2. The highest BCUT2D eigenvalue weighted by Crippen LogP contribution is 2.15. The maximum Gasteiger partial charge on any atom is 0.258 e. The summed E-state index contributed by atoms with van der Waals surface area (Å²) in [6, 6.07) is 10.6. The van der Waals surface area contributed by atoms with Gasteiger partial charge >= 0.3 is 0 Å². The summed E-state index contributed by atoms with van der Waals surface area (Å²) in [5.74, 6) is 0.430. The van der Waals surface area contributed by atoms with Gasteiger partial charge in [-0.1, -0.05) is 17.7 Å². The number of pyridine rings is 1. The summed E-state index contributed by atoms with van der Waals surface area (Å²) in [6.45, 7) is 0.415. The Labute approximate surface area is 116 Å². The van der Waals surface area contributed by atoms with Crippen molar-refractivity contribution < 1.29 is 9.53 Å². The van der Waals surface area contributed by atoms with Gasteiger partial charge in [-0.15, -0.1) is 0 Å². The van der Waals surface area contributed by atoms with Gasteiger partial charge in [0, 0.05) is 24.0 Å². The minimum Gasteiger partial charge on any atom is -0.484 e. The van der Waals surface area contributed by atoms with E-state index in [1.54, 1.807) is 36.7 Å². The van der Waals surface area contributed by atoms with Gasteiger partial charge < -0.3 is 10.1 Å². The molecule has 1 amide bonds. The Kier molecular flexibility index (Phi) is 4.75. The summed E-state index contributed by atoms with van der Waals surface area (Å²) in [6.07, 6.45) is 3.40. The molecule has 0 spiro atoms. The number of rotatable bonds is 5. The third-order valence-corrected chi connectivity index (χ3v) is 2.65. The number of carbonyl (C=O) groups is 1. The predicted molar refractivity (Wildman–Crippen MR) is 73.0 cm³/mol. The Morgan fingerprint density at radius 2 is 2.05 bits per heavy atom. The summed E-state index contributed by atoms with van der Waals surface area (Å²) in [7, 11) is 0. The molecule has 2 rings (SSSR count). The number of carbonyl (C=O) groups excluding carboxylic acids is 1. The van der Waals surface area contributed by atoms with E-state index in [0.29, 0.717) is 17.3 Å². The number of hydrogen-bond donors (Lipinski definition) is 1. The number of nitrogens with one attached hydrogen (secondary N) is 1. The fourth-order valence-corrected chi connectivity index (χ4v) is 1.56. The van der Waals surface area contributed by atoms with Crippen molar-refractivity contribution in [3.63, 3.8) is 0 Å². The van der Waals surface area contributed by atoms with Gasteiger partial charge in [0.15, 0.2) is 6.61 Å². The maximum atomic E-state index is 11.6. The number of aromatic nitrogens is 1. The van der Waals surface area contributed by atoms with Crippen molar-refractivity contribution in [2.45, 2.75) is 6.54 Å². The van der Waals surface area contributed by atoms with Crippen LogP contribution in [-0.2, 0) is 11.3 Å². The molecule has 0 aliphatic carbocycles. The SMILES string of the molecule is O=C(COc1ccc(Cl)cc1)NCc1cccnc1. The number of amides is 1. The molecule has 1 heterocycles. The second kappa shape index (κ2) is 6.75. The van der Waals surface area contributed by atoms with Gasteiger partial charge in [-0.05, 0) is 35.9 Å². The molecule has 0 aliphatic rings. The Hall–Kier alpha value is -2.07. The number of hydrogen-bond acceptors (Lipinski definition) is 3. The standard InChI is InChI=1S/C14H13ClN2O2/c15-12-3-5-13(6-4-12)19-10-14(18)17-9-11-2-1-7-16-8-11/h1-8H,9-10H2,(H,17,18). The highest BCUT2D eigenvalue weighted by molar-refractivity contribution is 6.30. The summed E-state index contributed by atoms with van der Waals surface area (Å²) in [5.41, 5.74) is 0.947. The number of halogens is 1. The van der Waals surface area contributed by atoms with Crippen molar-refractivity contribution in [2.24, 2.45) is 0 Å². The van der Waals surface area contributed by atoms with Gasteiger partial charge in [-0.2, -0.15) is 0 Å². The van der Waals surface area contributed by atoms with E-state index in [9.17, 15) is 4.79 Å². The Morgan fingerprint density at radius 1 is 1.26 bits per heavy atom. The van der Waals surface area contributed by atoms with Crippen molar-refractivity contribution in [2.75, 3.05) is 6.61 Å². The number of ether oxygens (including phenoxy) is 1. The minimum absolute atomic E-state index is 0.0259. The van der Waals surface area contributed by atoms with Crippen molar-refractivity contribution in [3.05, 3.63) is 59.4 Å². The first-order chi connectivity index (χ1) is 9.24. The van der Waals surface area contributed by atoms with Crippen molar-refractivity contribution in [3.8, 4) is 5.75 Å². The van der Waals surface area contributed by atoms with Gasteiger partial charge in [0.05, 0.1) is 0 Å². The zero-order valence-electron chi connectivity index (χ0n) is 10.2. The quantitative estimate of drug-likeness (QED) is 0.912. The molecule has 0 saturated carbocycles. The third-order valence-electron chi connectivity index (χ3n) is 2.40. The molecule has 19 heavy (non-hydrogen) atoms. The predicted octanol–water partition coefficient (Wildman–Crippen LogP) is 2.43. The molecule has 0 bridgehead atoms. The average molecular weight is 277 g/mol.